The number of hydrogen-bond donors (Lipinski definition) is 1. The lowest BCUT2D eigenvalue weighted by molar-refractivity contribution is -0.154. The molecule has 0 bridgehead atoms. The first-order chi connectivity index (χ1) is 14.1. The second kappa shape index (κ2) is 8.19. The van der Waals surface area contributed by atoms with Crippen LogP contribution in [0.1, 0.15) is 18.1 Å². The lowest BCUT2D eigenvalue weighted by atomic mass is 10.0. The quantitative estimate of drug-likeness (QED) is 0.499. The molecule has 4 aromatic rings. The lowest BCUT2D eigenvalue weighted by Gasteiger charge is -2.13. The lowest BCUT2D eigenvalue weighted by Crippen LogP contribution is -2.35. The molecule has 3 aromatic carbocycles. The van der Waals surface area contributed by atoms with Gasteiger partial charge < -0.3 is 14.5 Å². The topological polar surface area (TPSA) is 68.5 Å². The van der Waals surface area contributed by atoms with E-state index in [-0.39, 0.29) is 12.3 Å². The van der Waals surface area contributed by atoms with E-state index in [1.165, 1.54) is 0 Å². The fourth-order valence-electron chi connectivity index (χ4n) is 3.38. The van der Waals surface area contributed by atoms with Crippen molar-refractivity contribution < 1.29 is 18.7 Å². The summed E-state index contributed by atoms with van der Waals surface area (Å²) < 4.78 is 11.0. The van der Waals surface area contributed by atoms with E-state index in [2.05, 4.69) is 5.32 Å². The molecule has 0 aliphatic heterocycles. The number of furan rings is 1. The van der Waals surface area contributed by atoms with Crippen molar-refractivity contribution in [3.05, 3.63) is 84.1 Å². The number of rotatable bonds is 6. The van der Waals surface area contributed by atoms with Crippen molar-refractivity contribution in [2.24, 2.45) is 0 Å². The van der Waals surface area contributed by atoms with E-state index in [0.717, 1.165) is 32.9 Å². The molecule has 0 radical (unpaired) electrons. The van der Waals surface area contributed by atoms with Crippen molar-refractivity contribution in [3.63, 3.8) is 0 Å². The third-order valence-corrected chi connectivity index (χ3v) is 4.86. The predicted molar refractivity (Wildman–Crippen MR) is 111 cm³/mol. The Morgan fingerprint density at radius 2 is 1.76 bits per heavy atom. The van der Waals surface area contributed by atoms with Crippen LogP contribution in [0.4, 0.5) is 0 Å². The molecule has 4 rings (SSSR count). The standard InChI is InChI=1S/C24H21NO4/c1-16(24(27)25-14-17-7-3-2-4-8-17)29-22(26)13-19-15-28-21-12-11-18-9-5-6-10-20(18)23(19)21/h2-12,15-16H,13-14H2,1H3,(H,25,27). The first-order valence-electron chi connectivity index (χ1n) is 9.51. The van der Waals surface area contributed by atoms with Gasteiger partial charge in [0.05, 0.1) is 12.7 Å². The molecule has 0 aliphatic rings. The summed E-state index contributed by atoms with van der Waals surface area (Å²) in [6, 6.07) is 21.4. The van der Waals surface area contributed by atoms with Crippen LogP contribution in [0.2, 0.25) is 0 Å². The van der Waals surface area contributed by atoms with Gasteiger partial charge in [-0.05, 0) is 29.3 Å². The summed E-state index contributed by atoms with van der Waals surface area (Å²) in [5.41, 5.74) is 2.45. The number of carbonyl (C=O) groups is 2. The second-order valence-electron chi connectivity index (χ2n) is 6.93. The van der Waals surface area contributed by atoms with Crippen LogP contribution in [-0.4, -0.2) is 18.0 Å². The predicted octanol–water partition coefficient (Wildman–Crippen LogP) is 4.38. The van der Waals surface area contributed by atoms with Gasteiger partial charge in [-0.1, -0.05) is 60.7 Å². The summed E-state index contributed by atoms with van der Waals surface area (Å²) in [5, 5.41) is 5.78. The summed E-state index contributed by atoms with van der Waals surface area (Å²) in [7, 11) is 0. The van der Waals surface area contributed by atoms with Crippen molar-refractivity contribution in [2.75, 3.05) is 0 Å². The van der Waals surface area contributed by atoms with Crippen molar-refractivity contribution in [1.29, 1.82) is 0 Å². The van der Waals surface area contributed by atoms with Crippen LogP contribution < -0.4 is 5.32 Å². The number of hydrogen-bond acceptors (Lipinski definition) is 4. The van der Waals surface area contributed by atoms with Gasteiger partial charge in [-0.25, -0.2) is 0 Å². The molecule has 1 aromatic heterocycles. The van der Waals surface area contributed by atoms with E-state index in [1.54, 1.807) is 13.2 Å². The molecule has 1 heterocycles. The molecular weight excluding hydrogens is 366 g/mol. The van der Waals surface area contributed by atoms with Crippen LogP contribution in [-0.2, 0) is 27.3 Å². The molecule has 5 heteroatoms. The smallest absolute Gasteiger partial charge is 0.311 e. The molecule has 0 saturated carbocycles. The molecule has 1 N–H and O–H groups in total. The van der Waals surface area contributed by atoms with Gasteiger partial charge in [0, 0.05) is 17.5 Å². The molecule has 1 unspecified atom stereocenters. The Morgan fingerprint density at radius 1 is 1.00 bits per heavy atom. The van der Waals surface area contributed by atoms with Gasteiger partial charge in [-0.3, -0.25) is 9.59 Å². The summed E-state index contributed by atoms with van der Waals surface area (Å²) >= 11 is 0. The zero-order chi connectivity index (χ0) is 20.2. The Morgan fingerprint density at radius 3 is 2.59 bits per heavy atom. The number of nitrogens with one attached hydrogen (secondary N) is 1. The van der Waals surface area contributed by atoms with Crippen molar-refractivity contribution in [1.82, 2.24) is 5.32 Å². The van der Waals surface area contributed by atoms with E-state index in [9.17, 15) is 9.59 Å². The molecule has 5 nitrogen and oxygen atoms in total. The Kier molecular flexibility index (Phi) is 5.29. The number of fused-ring (bicyclic) bond motifs is 3. The number of esters is 1. The summed E-state index contributed by atoms with van der Waals surface area (Å²) in [5.74, 6) is -0.798. The molecule has 0 saturated heterocycles. The number of amides is 1. The Balaban J connectivity index is 1.42. The van der Waals surface area contributed by atoms with Crippen LogP contribution in [0.25, 0.3) is 21.7 Å². The van der Waals surface area contributed by atoms with E-state index in [4.69, 9.17) is 9.15 Å². The van der Waals surface area contributed by atoms with Crippen LogP contribution in [0.3, 0.4) is 0 Å². The highest BCUT2D eigenvalue weighted by molar-refractivity contribution is 6.08. The first kappa shape index (κ1) is 18.7. The van der Waals surface area contributed by atoms with Crippen molar-refractivity contribution >= 4 is 33.6 Å². The van der Waals surface area contributed by atoms with Crippen LogP contribution in [0.15, 0.2) is 77.4 Å². The molecule has 146 valence electrons. The Labute approximate surface area is 168 Å². The van der Waals surface area contributed by atoms with E-state index < -0.39 is 12.1 Å². The van der Waals surface area contributed by atoms with Gasteiger partial charge >= 0.3 is 5.97 Å². The van der Waals surface area contributed by atoms with E-state index >= 15 is 0 Å². The van der Waals surface area contributed by atoms with E-state index in [1.807, 2.05) is 66.7 Å². The minimum absolute atomic E-state index is 0.0390. The number of ether oxygens (including phenoxy) is 1. The second-order valence-corrected chi connectivity index (χ2v) is 6.93. The van der Waals surface area contributed by atoms with Crippen LogP contribution in [0.5, 0.6) is 0 Å². The van der Waals surface area contributed by atoms with Crippen molar-refractivity contribution in [2.45, 2.75) is 26.0 Å². The SMILES string of the molecule is CC(OC(=O)Cc1coc2ccc3ccccc3c12)C(=O)NCc1ccccc1. The van der Waals surface area contributed by atoms with Gasteiger partial charge in [0.1, 0.15) is 5.58 Å². The summed E-state index contributed by atoms with van der Waals surface area (Å²) in [6.45, 7) is 1.96. The maximum atomic E-state index is 12.4. The molecule has 0 spiro atoms. The first-order valence-corrected chi connectivity index (χ1v) is 9.51. The highest BCUT2D eigenvalue weighted by Gasteiger charge is 2.20. The minimum atomic E-state index is -0.874. The summed E-state index contributed by atoms with van der Waals surface area (Å²) in [4.78, 5) is 24.7. The molecule has 29 heavy (non-hydrogen) atoms. The molecule has 1 atom stereocenters. The third-order valence-electron chi connectivity index (χ3n) is 4.86. The molecule has 0 fully saturated rings. The molecular formula is C24H21NO4. The minimum Gasteiger partial charge on any atom is -0.464 e. The van der Waals surface area contributed by atoms with Gasteiger partial charge in [-0.15, -0.1) is 0 Å². The monoisotopic (exact) mass is 387 g/mol. The average molecular weight is 387 g/mol. The molecule has 0 aliphatic carbocycles. The Bertz CT molecular complexity index is 1160. The van der Waals surface area contributed by atoms with Gasteiger partial charge in [0.25, 0.3) is 5.91 Å². The van der Waals surface area contributed by atoms with Crippen molar-refractivity contribution in [3.8, 4) is 0 Å². The third kappa shape index (κ3) is 4.14. The molecule has 1 amide bonds. The van der Waals surface area contributed by atoms with E-state index in [0.29, 0.717) is 6.54 Å². The highest BCUT2D eigenvalue weighted by Crippen LogP contribution is 2.30. The van der Waals surface area contributed by atoms with Crippen LogP contribution >= 0.6 is 0 Å². The van der Waals surface area contributed by atoms with Gasteiger partial charge in [-0.2, -0.15) is 0 Å². The fraction of sp³-hybridized carbons (Fsp3) is 0.167. The zero-order valence-electron chi connectivity index (χ0n) is 16.1. The fourth-order valence-corrected chi connectivity index (χ4v) is 3.38. The van der Waals surface area contributed by atoms with Crippen LogP contribution in [0, 0.1) is 0 Å². The number of benzene rings is 3. The Hall–Kier alpha value is -3.60. The number of carbonyl (C=O) groups excluding carboxylic acids is 2. The maximum absolute atomic E-state index is 12.4. The zero-order valence-corrected chi connectivity index (χ0v) is 16.1. The van der Waals surface area contributed by atoms with Gasteiger partial charge in [0.15, 0.2) is 6.10 Å². The van der Waals surface area contributed by atoms with Gasteiger partial charge in [0.2, 0.25) is 0 Å². The summed E-state index contributed by atoms with van der Waals surface area (Å²) in [6.07, 6.45) is 0.747. The maximum Gasteiger partial charge on any atom is 0.311 e. The average Bonchev–Trinajstić information content (AvgIpc) is 3.15. The normalized spacial score (nSPS) is 12.0. The largest absolute Gasteiger partial charge is 0.464 e. The highest BCUT2D eigenvalue weighted by atomic mass is 16.5.